The Bertz CT molecular complexity index is 619. The van der Waals surface area contributed by atoms with E-state index in [-0.39, 0.29) is 13.0 Å². The zero-order valence-corrected chi connectivity index (χ0v) is 10.6. The first-order chi connectivity index (χ1) is 9.41. The van der Waals surface area contributed by atoms with Gasteiger partial charge in [0.1, 0.15) is 11.3 Å². The second kappa shape index (κ2) is 5.44. The molecule has 2 aromatic rings. The summed E-state index contributed by atoms with van der Waals surface area (Å²) in [5.41, 5.74) is 1.32. The Balaban J connectivity index is 2.05. The van der Waals surface area contributed by atoms with Crippen LogP contribution in [0.5, 0.6) is 5.75 Å². The van der Waals surface area contributed by atoms with E-state index in [0.717, 1.165) is 5.39 Å². The molecule has 0 saturated heterocycles. The van der Waals surface area contributed by atoms with Gasteiger partial charge < -0.3 is 14.5 Å². The molecule has 1 aromatic heterocycles. The van der Waals surface area contributed by atoms with Crippen molar-refractivity contribution in [3.63, 3.8) is 0 Å². The van der Waals surface area contributed by atoms with Gasteiger partial charge in [-0.3, -0.25) is 4.79 Å². The third-order valence-corrected chi connectivity index (χ3v) is 2.80. The molecule has 4 nitrogen and oxygen atoms in total. The van der Waals surface area contributed by atoms with Crippen molar-refractivity contribution in [3.05, 3.63) is 30.0 Å². The number of hydrogen-bond acceptors (Lipinski definition) is 3. The molecule has 0 aliphatic heterocycles. The minimum atomic E-state index is -4.86. The summed E-state index contributed by atoms with van der Waals surface area (Å²) in [7, 11) is 1.52. The molecular formula is C13H12F3NO3. The largest absolute Gasteiger partial charge is 0.497 e. The molecule has 0 aliphatic carbocycles. The van der Waals surface area contributed by atoms with E-state index in [2.05, 4.69) is 0 Å². The molecule has 20 heavy (non-hydrogen) atoms. The number of amides is 1. The van der Waals surface area contributed by atoms with Crippen LogP contribution in [-0.2, 0) is 11.2 Å². The average Bonchev–Trinajstić information content (AvgIpc) is 2.80. The van der Waals surface area contributed by atoms with Gasteiger partial charge in [0.2, 0.25) is 0 Å². The van der Waals surface area contributed by atoms with Gasteiger partial charge in [-0.25, -0.2) is 0 Å². The zero-order valence-electron chi connectivity index (χ0n) is 10.6. The van der Waals surface area contributed by atoms with Crippen molar-refractivity contribution in [3.8, 4) is 5.75 Å². The number of ether oxygens (including phenoxy) is 1. The van der Waals surface area contributed by atoms with Crippen molar-refractivity contribution in [2.75, 3.05) is 13.7 Å². The lowest BCUT2D eigenvalue weighted by Gasteiger charge is -2.07. The first-order valence-corrected chi connectivity index (χ1v) is 5.81. The predicted molar refractivity (Wildman–Crippen MR) is 65.5 cm³/mol. The fourth-order valence-electron chi connectivity index (χ4n) is 1.79. The van der Waals surface area contributed by atoms with Crippen molar-refractivity contribution in [1.29, 1.82) is 0 Å². The zero-order chi connectivity index (χ0) is 14.8. The summed E-state index contributed by atoms with van der Waals surface area (Å²) < 4.78 is 46.4. The molecule has 0 aliphatic rings. The van der Waals surface area contributed by atoms with Crippen LogP contribution in [0.4, 0.5) is 13.2 Å². The SMILES string of the molecule is COc1ccc2occ(CCNC(=O)C(F)(F)F)c2c1. The standard InChI is InChI=1S/C13H12F3NO3/c1-19-9-2-3-11-10(6-9)8(7-20-11)4-5-17-12(18)13(14,15)16/h2-3,6-7H,4-5H2,1H3,(H,17,18). The second-order valence-corrected chi connectivity index (χ2v) is 4.13. The molecule has 7 heteroatoms. The molecule has 2 rings (SSSR count). The maximum Gasteiger partial charge on any atom is 0.471 e. The number of benzene rings is 1. The van der Waals surface area contributed by atoms with Gasteiger partial charge in [-0.15, -0.1) is 0 Å². The van der Waals surface area contributed by atoms with E-state index in [4.69, 9.17) is 9.15 Å². The van der Waals surface area contributed by atoms with Crippen LogP contribution in [0.2, 0.25) is 0 Å². The third kappa shape index (κ3) is 3.04. The van der Waals surface area contributed by atoms with Gasteiger partial charge in [-0.1, -0.05) is 0 Å². The number of methoxy groups -OCH3 is 1. The molecule has 0 spiro atoms. The molecule has 0 fully saturated rings. The monoisotopic (exact) mass is 287 g/mol. The first-order valence-electron chi connectivity index (χ1n) is 5.81. The molecule has 1 aromatic carbocycles. The second-order valence-electron chi connectivity index (χ2n) is 4.13. The van der Waals surface area contributed by atoms with Crippen LogP contribution in [0.1, 0.15) is 5.56 Å². The van der Waals surface area contributed by atoms with Crippen LogP contribution in [0, 0.1) is 0 Å². The van der Waals surface area contributed by atoms with E-state index >= 15 is 0 Å². The predicted octanol–water partition coefficient (Wildman–Crippen LogP) is 2.66. The van der Waals surface area contributed by atoms with Crippen molar-refractivity contribution in [1.82, 2.24) is 5.32 Å². The van der Waals surface area contributed by atoms with Gasteiger partial charge >= 0.3 is 12.1 Å². The summed E-state index contributed by atoms with van der Waals surface area (Å²) in [6.45, 7) is -0.121. The number of alkyl halides is 3. The Morgan fingerprint density at radius 2 is 2.15 bits per heavy atom. The van der Waals surface area contributed by atoms with Gasteiger partial charge in [-0.05, 0) is 24.6 Å². The Hall–Kier alpha value is -2.18. The number of fused-ring (bicyclic) bond motifs is 1. The van der Waals surface area contributed by atoms with Crippen LogP contribution in [-0.4, -0.2) is 25.7 Å². The highest BCUT2D eigenvalue weighted by atomic mass is 19.4. The highest BCUT2D eigenvalue weighted by molar-refractivity contribution is 5.83. The minimum Gasteiger partial charge on any atom is -0.497 e. The summed E-state index contributed by atoms with van der Waals surface area (Å²) >= 11 is 0. The van der Waals surface area contributed by atoms with Gasteiger partial charge in [0, 0.05) is 17.5 Å². The summed E-state index contributed by atoms with van der Waals surface area (Å²) in [5, 5.41) is 2.57. The topological polar surface area (TPSA) is 51.5 Å². The van der Waals surface area contributed by atoms with Crippen molar-refractivity contribution in [2.45, 2.75) is 12.6 Å². The maximum absolute atomic E-state index is 12.0. The molecule has 108 valence electrons. The van der Waals surface area contributed by atoms with E-state index < -0.39 is 12.1 Å². The van der Waals surface area contributed by atoms with Crippen LogP contribution < -0.4 is 10.1 Å². The van der Waals surface area contributed by atoms with Crippen LogP contribution in [0.15, 0.2) is 28.9 Å². The van der Waals surface area contributed by atoms with Crippen molar-refractivity contribution in [2.24, 2.45) is 0 Å². The molecule has 0 saturated carbocycles. The lowest BCUT2D eigenvalue weighted by molar-refractivity contribution is -0.173. The molecule has 0 bridgehead atoms. The maximum atomic E-state index is 12.0. The number of hydrogen-bond donors (Lipinski definition) is 1. The Morgan fingerprint density at radius 3 is 2.80 bits per heavy atom. The molecule has 1 amide bonds. The van der Waals surface area contributed by atoms with Crippen LogP contribution in [0.25, 0.3) is 11.0 Å². The van der Waals surface area contributed by atoms with E-state index in [1.807, 2.05) is 5.32 Å². The van der Waals surface area contributed by atoms with E-state index in [0.29, 0.717) is 16.9 Å². The number of rotatable bonds is 4. The fraction of sp³-hybridized carbons (Fsp3) is 0.308. The van der Waals surface area contributed by atoms with E-state index in [1.165, 1.54) is 13.4 Å². The van der Waals surface area contributed by atoms with Crippen molar-refractivity contribution < 1.29 is 27.1 Å². The molecular weight excluding hydrogens is 275 g/mol. The van der Waals surface area contributed by atoms with Gasteiger partial charge in [-0.2, -0.15) is 13.2 Å². The molecule has 0 atom stereocenters. The summed E-state index contributed by atoms with van der Waals surface area (Å²) in [6, 6.07) is 5.17. The summed E-state index contributed by atoms with van der Waals surface area (Å²) in [4.78, 5) is 10.7. The lowest BCUT2D eigenvalue weighted by atomic mass is 10.1. The van der Waals surface area contributed by atoms with Gasteiger partial charge in [0.15, 0.2) is 0 Å². The Morgan fingerprint density at radius 1 is 1.40 bits per heavy atom. The van der Waals surface area contributed by atoms with Gasteiger partial charge in [0.25, 0.3) is 0 Å². The number of halogens is 3. The smallest absolute Gasteiger partial charge is 0.471 e. The molecule has 0 radical (unpaired) electrons. The number of furan rings is 1. The normalized spacial score (nSPS) is 11.6. The highest BCUT2D eigenvalue weighted by Crippen LogP contribution is 2.26. The first kappa shape index (κ1) is 14.2. The molecule has 0 unspecified atom stereocenters. The van der Waals surface area contributed by atoms with Crippen molar-refractivity contribution >= 4 is 16.9 Å². The summed E-state index contributed by atoms with van der Waals surface area (Å²) in [6.07, 6.45) is -3.16. The molecule has 1 heterocycles. The van der Waals surface area contributed by atoms with E-state index in [9.17, 15) is 18.0 Å². The number of carbonyl (C=O) groups is 1. The Labute approximate surface area is 112 Å². The van der Waals surface area contributed by atoms with E-state index in [1.54, 1.807) is 18.2 Å². The Kier molecular flexibility index (Phi) is 3.87. The van der Waals surface area contributed by atoms with Gasteiger partial charge in [0.05, 0.1) is 13.4 Å². The summed E-state index contributed by atoms with van der Waals surface area (Å²) in [5.74, 6) is -1.32. The van der Waals surface area contributed by atoms with Crippen LogP contribution >= 0.6 is 0 Å². The highest BCUT2D eigenvalue weighted by Gasteiger charge is 2.38. The quantitative estimate of drug-likeness (QED) is 0.940. The minimum absolute atomic E-state index is 0.121. The van der Waals surface area contributed by atoms with Crippen LogP contribution in [0.3, 0.4) is 0 Å². The fourth-order valence-corrected chi connectivity index (χ4v) is 1.79. The average molecular weight is 287 g/mol. The number of nitrogens with one attached hydrogen (secondary N) is 1. The molecule has 1 N–H and O–H groups in total. The lowest BCUT2D eigenvalue weighted by Crippen LogP contribution is -2.37. The third-order valence-electron chi connectivity index (χ3n) is 2.80. The number of carbonyl (C=O) groups excluding carboxylic acids is 1.